The van der Waals surface area contributed by atoms with Crippen molar-refractivity contribution < 1.29 is 8.42 Å². The molecule has 106 valence electrons. The molecule has 0 spiro atoms. The zero-order valence-corrected chi connectivity index (χ0v) is 12.8. The molecule has 1 unspecified atom stereocenters. The SMILES string of the molecule is CC1CCN(S(=O)(=O)c2ccc(CCCCl)cc2)C1. The van der Waals surface area contributed by atoms with Crippen LogP contribution in [0.4, 0.5) is 0 Å². The number of rotatable bonds is 5. The van der Waals surface area contributed by atoms with Crippen molar-refractivity contribution in [3.63, 3.8) is 0 Å². The van der Waals surface area contributed by atoms with E-state index in [1.54, 1.807) is 16.4 Å². The fraction of sp³-hybridized carbons (Fsp3) is 0.571. The highest BCUT2D eigenvalue weighted by molar-refractivity contribution is 7.89. The monoisotopic (exact) mass is 301 g/mol. The van der Waals surface area contributed by atoms with E-state index in [9.17, 15) is 8.42 Å². The lowest BCUT2D eigenvalue weighted by Crippen LogP contribution is -2.28. The van der Waals surface area contributed by atoms with Gasteiger partial charge in [0.1, 0.15) is 0 Å². The van der Waals surface area contributed by atoms with Gasteiger partial charge in [-0.3, -0.25) is 0 Å². The molecule has 0 bridgehead atoms. The third-order valence-corrected chi connectivity index (χ3v) is 5.69. The van der Waals surface area contributed by atoms with Gasteiger partial charge >= 0.3 is 0 Å². The molecule has 1 atom stereocenters. The summed E-state index contributed by atoms with van der Waals surface area (Å²) >= 11 is 5.65. The molecule has 19 heavy (non-hydrogen) atoms. The average molecular weight is 302 g/mol. The van der Waals surface area contributed by atoms with Crippen LogP contribution >= 0.6 is 11.6 Å². The maximum atomic E-state index is 12.4. The number of nitrogens with zero attached hydrogens (tertiary/aromatic N) is 1. The van der Waals surface area contributed by atoms with Gasteiger partial charge in [-0.1, -0.05) is 19.1 Å². The number of halogens is 1. The van der Waals surface area contributed by atoms with Gasteiger partial charge in [-0.2, -0.15) is 4.31 Å². The lowest BCUT2D eigenvalue weighted by atomic mass is 10.1. The lowest BCUT2D eigenvalue weighted by Gasteiger charge is -2.16. The van der Waals surface area contributed by atoms with Crippen LogP contribution in [0.15, 0.2) is 29.2 Å². The molecule has 0 aromatic heterocycles. The van der Waals surface area contributed by atoms with Gasteiger partial charge in [0.2, 0.25) is 10.0 Å². The van der Waals surface area contributed by atoms with Crippen molar-refractivity contribution in [2.45, 2.75) is 31.1 Å². The maximum absolute atomic E-state index is 12.4. The van der Waals surface area contributed by atoms with Crippen LogP contribution in [-0.4, -0.2) is 31.7 Å². The molecule has 0 saturated carbocycles. The number of sulfonamides is 1. The lowest BCUT2D eigenvalue weighted by molar-refractivity contribution is 0.464. The molecule has 2 rings (SSSR count). The van der Waals surface area contributed by atoms with E-state index in [1.165, 1.54) is 0 Å². The fourth-order valence-electron chi connectivity index (χ4n) is 2.36. The number of alkyl halides is 1. The number of hydrogen-bond donors (Lipinski definition) is 0. The quantitative estimate of drug-likeness (QED) is 0.784. The average Bonchev–Trinajstić information content (AvgIpc) is 2.84. The van der Waals surface area contributed by atoms with Gasteiger partial charge in [-0.25, -0.2) is 8.42 Å². The van der Waals surface area contributed by atoms with E-state index < -0.39 is 10.0 Å². The second-order valence-electron chi connectivity index (χ2n) is 5.19. The van der Waals surface area contributed by atoms with E-state index in [-0.39, 0.29) is 0 Å². The largest absolute Gasteiger partial charge is 0.243 e. The van der Waals surface area contributed by atoms with E-state index in [4.69, 9.17) is 11.6 Å². The van der Waals surface area contributed by atoms with Crippen molar-refractivity contribution >= 4 is 21.6 Å². The molecule has 0 radical (unpaired) electrons. The summed E-state index contributed by atoms with van der Waals surface area (Å²) in [7, 11) is -3.30. The van der Waals surface area contributed by atoms with Crippen molar-refractivity contribution in [3.05, 3.63) is 29.8 Å². The summed E-state index contributed by atoms with van der Waals surface area (Å²) < 4.78 is 26.4. The van der Waals surface area contributed by atoms with Crippen LogP contribution < -0.4 is 0 Å². The molecule has 1 aromatic rings. The fourth-order valence-corrected chi connectivity index (χ4v) is 4.07. The Morgan fingerprint density at radius 1 is 1.32 bits per heavy atom. The van der Waals surface area contributed by atoms with E-state index >= 15 is 0 Å². The molecule has 0 N–H and O–H groups in total. The standard InChI is InChI=1S/C14H20ClNO2S/c1-12-8-10-16(11-12)19(17,18)14-6-4-13(5-7-14)3-2-9-15/h4-7,12H,2-3,8-11H2,1H3. The Balaban J connectivity index is 2.12. The van der Waals surface area contributed by atoms with Crippen LogP contribution in [0.1, 0.15) is 25.3 Å². The minimum atomic E-state index is -3.30. The summed E-state index contributed by atoms with van der Waals surface area (Å²) in [5, 5.41) is 0. The van der Waals surface area contributed by atoms with Crippen LogP contribution in [0.25, 0.3) is 0 Å². The van der Waals surface area contributed by atoms with E-state index in [1.807, 2.05) is 12.1 Å². The molecule has 1 aliphatic rings. The van der Waals surface area contributed by atoms with Gasteiger partial charge in [0.25, 0.3) is 0 Å². The Bertz CT molecular complexity index is 513. The van der Waals surface area contributed by atoms with Crippen LogP contribution in [0, 0.1) is 5.92 Å². The first-order valence-corrected chi connectivity index (χ1v) is 8.66. The highest BCUT2D eigenvalue weighted by Crippen LogP contribution is 2.24. The zero-order chi connectivity index (χ0) is 13.9. The third-order valence-electron chi connectivity index (χ3n) is 3.55. The molecular formula is C14H20ClNO2S. The van der Waals surface area contributed by atoms with Crippen LogP contribution in [0.5, 0.6) is 0 Å². The Hall–Kier alpha value is -0.580. The van der Waals surface area contributed by atoms with Gasteiger partial charge in [-0.15, -0.1) is 11.6 Å². The Morgan fingerprint density at radius 3 is 2.53 bits per heavy atom. The molecule has 1 fully saturated rings. The smallest absolute Gasteiger partial charge is 0.207 e. The minimum Gasteiger partial charge on any atom is -0.207 e. The Morgan fingerprint density at radius 2 is 2.00 bits per heavy atom. The van der Waals surface area contributed by atoms with E-state index in [0.29, 0.717) is 29.8 Å². The highest BCUT2D eigenvalue weighted by atomic mass is 35.5. The number of aryl methyl sites for hydroxylation is 1. The van der Waals surface area contributed by atoms with Crippen LogP contribution in [-0.2, 0) is 16.4 Å². The predicted octanol–water partition coefficient (Wildman–Crippen LogP) is 2.89. The summed E-state index contributed by atoms with van der Waals surface area (Å²) in [6, 6.07) is 7.20. The zero-order valence-electron chi connectivity index (χ0n) is 11.2. The van der Waals surface area contributed by atoms with E-state index in [2.05, 4.69) is 6.92 Å². The molecule has 3 nitrogen and oxygen atoms in total. The molecule has 1 aromatic carbocycles. The third kappa shape index (κ3) is 3.50. The van der Waals surface area contributed by atoms with Crippen molar-refractivity contribution in [3.8, 4) is 0 Å². The van der Waals surface area contributed by atoms with Gasteiger partial charge in [0.15, 0.2) is 0 Å². The van der Waals surface area contributed by atoms with Crippen LogP contribution in [0.3, 0.4) is 0 Å². The normalized spacial score (nSPS) is 20.8. The first kappa shape index (κ1) is 14.8. The van der Waals surface area contributed by atoms with Gasteiger partial charge < -0.3 is 0 Å². The minimum absolute atomic E-state index is 0.399. The van der Waals surface area contributed by atoms with Gasteiger partial charge in [-0.05, 0) is 42.9 Å². The molecule has 5 heteroatoms. The Labute approximate surface area is 120 Å². The molecule has 0 aliphatic carbocycles. The topological polar surface area (TPSA) is 37.4 Å². The first-order chi connectivity index (χ1) is 9.04. The summed E-state index contributed by atoms with van der Waals surface area (Å²) in [5.74, 6) is 1.09. The van der Waals surface area contributed by atoms with E-state index in [0.717, 1.165) is 24.8 Å². The molecule has 1 heterocycles. The van der Waals surface area contributed by atoms with Crippen molar-refractivity contribution in [2.24, 2.45) is 5.92 Å². The van der Waals surface area contributed by atoms with Crippen molar-refractivity contribution in [1.82, 2.24) is 4.31 Å². The number of benzene rings is 1. The van der Waals surface area contributed by atoms with Crippen molar-refractivity contribution in [1.29, 1.82) is 0 Å². The summed E-state index contributed by atoms with van der Waals surface area (Å²) in [4.78, 5) is 0.399. The second-order valence-corrected chi connectivity index (χ2v) is 7.51. The van der Waals surface area contributed by atoms with Crippen LogP contribution in [0.2, 0.25) is 0 Å². The summed E-state index contributed by atoms with van der Waals surface area (Å²) in [5.41, 5.74) is 1.13. The highest BCUT2D eigenvalue weighted by Gasteiger charge is 2.30. The second kappa shape index (κ2) is 6.25. The first-order valence-electron chi connectivity index (χ1n) is 6.69. The maximum Gasteiger partial charge on any atom is 0.243 e. The van der Waals surface area contributed by atoms with Crippen molar-refractivity contribution in [2.75, 3.05) is 19.0 Å². The predicted molar refractivity (Wildman–Crippen MR) is 78.0 cm³/mol. The van der Waals surface area contributed by atoms with Gasteiger partial charge in [0, 0.05) is 19.0 Å². The van der Waals surface area contributed by atoms with Gasteiger partial charge in [0.05, 0.1) is 4.90 Å². The molecule has 1 aliphatic heterocycles. The summed E-state index contributed by atoms with van der Waals surface area (Å²) in [6.45, 7) is 3.36. The molecule has 1 saturated heterocycles. The summed E-state index contributed by atoms with van der Waals surface area (Å²) in [6.07, 6.45) is 2.76. The number of hydrogen-bond acceptors (Lipinski definition) is 2. The molecular weight excluding hydrogens is 282 g/mol. The molecule has 0 amide bonds. The Kier molecular flexibility index (Phi) is 4.87.